The molecule has 1 atom stereocenters. The van der Waals surface area contributed by atoms with E-state index < -0.39 is 5.60 Å². The predicted molar refractivity (Wildman–Crippen MR) is 79.9 cm³/mol. The number of hydrogen-bond acceptors (Lipinski definition) is 2. The summed E-state index contributed by atoms with van der Waals surface area (Å²) in [7, 11) is 0. The first-order chi connectivity index (χ1) is 9.66. The van der Waals surface area contributed by atoms with Crippen molar-refractivity contribution < 1.29 is 5.11 Å². The summed E-state index contributed by atoms with van der Waals surface area (Å²) in [5, 5.41) is 16.2. The zero-order valence-electron chi connectivity index (χ0n) is 11.6. The number of halogens is 1. The maximum atomic E-state index is 11.4. The van der Waals surface area contributed by atoms with Crippen LogP contribution in [0.1, 0.15) is 43.0 Å². The standard InChI is InChI=1S/C16H19ClN2O/c1-2-19-15(14(17)11-18-19)16(20)10-6-5-8-12-7-3-4-9-13(12)16/h3-4,7,9,11,20H,2,5-6,8,10H2,1H3. The molecule has 3 nitrogen and oxygen atoms in total. The number of nitrogens with zero attached hydrogens (tertiary/aromatic N) is 2. The molecule has 1 aliphatic rings. The topological polar surface area (TPSA) is 38.0 Å². The molecule has 2 aromatic rings. The van der Waals surface area contributed by atoms with E-state index in [-0.39, 0.29) is 0 Å². The fourth-order valence-electron chi connectivity index (χ4n) is 3.23. The molecule has 1 aliphatic carbocycles. The van der Waals surface area contributed by atoms with Crippen LogP contribution >= 0.6 is 11.6 Å². The Bertz CT molecular complexity index is 623. The molecule has 106 valence electrons. The minimum Gasteiger partial charge on any atom is -0.379 e. The number of rotatable bonds is 2. The van der Waals surface area contributed by atoms with Crippen LogP contribution in [-0.2, 0) is 18.6 Å². The van der Waals surface area contributed by atoms with E-state index in [1.807, 2.05) is 29.8 Å². The minimum atomic E-state index is -1.03. The average Bonchev–Trinajstić information content (AvgIpc) is 2.76. The van der Waals surface area contributed by atoms with Crippen LogP contribution < -0.4 is 0 Å². The van der Waals surface area contributed by atoms with Gasteiger partial charge in [-0.2, -0.15) is 5.10 Å². The maximum Gasteiger partial charge on any atom is 0.133 e. The number of aryl methyl sites for hydroxylation is 2. The Labute approximate surface area is 124 Å². The Kier molecular flexibility index (Phi) is 3.57. The molecule has 1 aromatic heterocycles. The lowest BCUT2D eigenvalue weighted by atomic mass is 9.85. The summed E-state index contributed by atoms with van der Waals surface area (Å²) in [6.07, 6.45) is 5.41. The van der Waals surface area contributed by atoms with E-state index in [1.54, 1.807) is 6.20 Å². The van der Waals surface area contributed by atoms with Gasteiger partial charge in [0.2, 0.25) is 0 Å². The SMILES string of the molecule is CCn1ncc(Cl)c1C1(O)CCCCc2ccccc21. The molecule has 1 aromatic carbocycles. The van der Waals surface area contributed by atoms with E-state index >= 15 is 0 Å². The van der Waals surface area contributed by atoms with Gasteiger partial charge < -0.3 is 5.11 Å². The van der Waals surface area contributed by atoms with Gasteiger partial charge in [0.15, 0.2) is 0 Å². The number of fused-ring (bicyclic) bond motifs is 1. The third-order valence-corrected chi connectivity index (χ3v) is 4.46. The van der Waals surface area contributed by atoms with Crippen molar-refractivity contribution in [2.75, 3.05) is 0 Å². The Hall–Kier alpha value is -1.32. The number of aliphatic hydroxyl groups is 1. The zero-order chi connectivity index (χ0) is 14.2. The molecule has 0 radical (unpaired) electrons. The van der Waals surface area contributed by atoms with Crippen LogP contribution in [0.5, 0.6) is 0 Å². The highest BCUT2D eigenvalue weighted by Crippen LogP contribution is 2.42. The Balaban J connectivity index is 2.22. The van der Waals surface area contributed by atoms with Gasteiger partial charge in [-0.15, -0.1) is 0 Å². The van der Waals surface area contributed by atoms with Crippen LogP contribution in [0.4, 0.5) is 0 Å². The monoisotopic (exact) mass is 290 g/mol. The van der Waals surface area contributed by atoms with Crippen molar-refractivity contribution in [3.05, 3.63) is 52.3 Å². The van der Waals surface area contributed by atoms with E-state index in [9.17, 15) is 5.11 Å². The second-order valence-electron chi connectivity index (χ2n) is 5.38. The van der Waals surface area contributed by atoms with Crippen LogP contribution in [0, 0.1) is 0 Å². The molecule has 3 rings (SSSR count). The molecular weight excluding hydrogens is 272 g/mol. The lowest BCUT2D eigenvalue weighted by Crippen LogP contribution is -2.31. The molecule has 20 heavy (non-hydrogen) atoms. The molecule has 1 unspecified atom stereocenters. The Morgan fingerprint density at radius 3 is 2.95 bits per heavy atom. The minimum absolute atomic E-state index is 0.547. The van der Waals surface area contributed by atoms with Gasteiger partial charge in [0, 0.05) is 6.54 Å². The van der Waals surface area contributed by atoms with Gasteiger partial charge in [-0.05, 0) is 43.7 Å². The maximum absolute atomic E-state index is 11.4. The molecule has 0 aliphatic heterocycles. The molecule has 0 spiro atoms. The quantitative estimate of drug-likeness (QED) is 0.860. The van der Waals surface area contributed by atoms with Gasteiger partial charge >= 0.3 is 0 Å². The third kappa shape index (κ3) is 2.05. The fraction of sp³-hybridized carbons (Fsp3) is 0.438. The van der Waals surface area contributed by atoms with Crippen molar-refractivity contribution in [1.82, 2.24) is 9.78 Å². The Morgan fingerprint density at radius 2 is 2.15 bits per heavy atom. The number of hydrogen-bond donors (Lipinski definition) is 1. The van der Waals surface area contributed by atoms with E-state index in [1.165, 1.54) is 5.56 Å². The van der Waals surface area contributed by atoms with Crippen LogP contribution in [0.3, 0.4) is 0 Å². The van der Waals surface area contributed by atoms with Crippen molar-refractivity contribution >= 4 is 11.6 Å². The first kappa shape index (κ1) is 13.7. The predicted octanol–water partition coefficient (Wildman–Crippen LogP) is 3.52. The lowest BCUT2D eigenvalue weighted by Gasteiger charge is -2.30. The fourth-order valence-corrected chi connectivity index (χ4v) is 3.53. The van der Waals surface area contributed by atoms with Crippen molar-refractivity contribution in [2.24, 2.45) is 0 Å². The van der Waals surface area contributed by atoms with Crippen LogP contribution in [0.15, 0.2) is 30.5 Å². The van der Waals surface area contributed by atoms with Gasteiger partial charge in [0.1, 0.15) is 5.60 Å². The summed E-state index contributed by atoms with van der Waals surface area (Å²) in [6.45, 7) is 2.71. The van der Waals surface area contributed by atoms with E-state index in [0.717, 1.165) is 30.5 Å². The lowest BCUT2D eigenvalue weighted by molar-refractivity contribution is 0.0609. The molecule has 0 bridgehead atoms. The van der Waals surface area contributed by atoms with Gasteiger partial charge in [-0.3, -0.25) is 4.68 Å². The van der Waals surface area contributed by atoms with Crippen molar-refractivity contribution in [1.29, 1.82) is 0 Å². The summed E-state index contributed by atoms with van der Waals surface area (Å²) in [5.74, 6) is 0. The van der Waals surface area contributed by atoms with Gasteiger partial charge in [0.05, 0.1) is 16.9 Å². The molecule has 0 saturated carbocycles. The molecule has 1 N–H and O–H groups in total. The van der Waals surface area contributed by atoms with E-state index in [4.69, 9.17) is 11.6 Å². The van der Waals surface area contributed by atoms with Crippen molar-refractivity contribution in [3.63, 3.8) is 0 Å². The van der Waals surface area contributed by atoms with Gasteiger partial charge in [-0.25, -0.2) is 0 Å². The second kappa shape index (κ2) is 5.23. The van der Waals surface area contributed by atoms with Gasteiger partial charge in [-0.1, -0.05) is 35.9 Å². The summed E-state index contributed by atoms with van der Waals surface area (Å²) < 4.78 is 1.81. The normalized spacial score (nSPS) is 22.4. The highest BCUT2D eigenvalue weighted by atomic mass is 35.5. The smallest absolute Gasteiger partial charge is 0.133 e. The van der Waals surface area contributed by atoms with Crippen LogP contribution in [-0.4, -0.2) is 14.9 Å². The van der Waals surface area contributed by atoms with Gasteiger partial charge in [0.25, 0.3) is 0 Å². The van der Waals surface area contributed by atoms with E-state index in [0.29, 0.717) is 18.0 Å². The molecular formula is C16H19ClN2O. The van der Waals surface area contributed by atoms with Crippen LogP contribution in [0.2, 0.25) is 5.02 Å². The largest absolute Gasteiger partial charge is 0.379 e. The molecule has 0 fully saturated rings. The zero-order valence-corrected chi connectivity index (χ0v) is 12.4. The third-order valence-electron chi connectivity index (χ3n) is 4.18. The summed E-state index contributed by atoms with van der Waals surface area (Å²) >= 11 is 6.32. The summed E-state index contributed by atoms with van der Waals surface area (Å²) in [6, 6.07) is 8.13. The number of benzene rings is 1. The van der Waals surface area contributed by atoms with Crippen molar-refractivity contribution in [2.45, 2.75) is 44.8 Å². The molecule has 0 saturated heterocycles. The average molecular weight is 291 g/mol. The highest BCUT2D eigenvalue weighted by Gasteiger charge is 2.39. The molecule has 0 amide bonds. The molecule has 1 heterocycles. The van der Waals surface area contributed by atoms with Crippen molar-refractivity contribution in [3.8, 4) is 0 Å². The summed E-state index contributed by atoms with van der Waals surface area (Å²) in [5.41, 5.74) is 1.90. The first-order valence-electron chi connectivity index (χ1n) is 7.19. The summed E-state index contributed by atoms with van der Waals surface area (Å²) in [4.78, 5) is 0. The highest BCUT2D eigenvalue weighted by molar-refractivity contribution is 6.31. The second-order valence-corrected chi connectivity index (χ2v) is 5.79. The van der Waals surface area contributed by atoms with Crippen LogP contribution in [0.25, 0.3) is 0 Å². The first-order valence-corrected chi connectivity index (χ1v) is 7.57. The molecule has 4 heteroatoms. The van der Waals surface area contributed by atoms with E-state index in [2.05, 4.69) is 11.2 Å². The Morgan fingerprint density at radius 1 is 1.35 bits per heavy atom. The number of aromatic nitrogens is 2.